The third-order valence-corrected chi connectivity index (χ3v) is 2.32. The highest BCUT2D eigenvalue weighted by Gasteiger charge is 2.25. The van der Waals surface area contributed by atoms with Crippen molar-refractivity contribution in [1.82, 2.24) is 0 Å². The third kappa shape index (κ3) is 1.61. The van der Waals surface area contributed by atoms with Gasteiger partial charge in [0.2, 0.25) is 5.43 Å². The lowest BCUT2D eigenvalue weighted by atomic mass is 9.93. The van der Waals surface area contributed by atoms with Crippen LogP contribution in [0.2, 0.25) is 0 Å². The van der Waals surface area contributed by atoms with Crippen molar-refractivity contribution in [3.63, 3.8) is 0 Å². The van der Waals surface area contributed by atoms with Crippen molar-refractivity contribution in [1.29, 1.82) is 0 Å². The summed E-state index contributed by atoms with van der Waals surface area (Å²) in [6, 6.07) is -0.576. The fraction of sp³-hybridized carbons (Fsp3) is 0.400. The van der Waals surface area contributed by atoms with E-state index < -0.39 is 22.6 Å². The van der Waals surface area contributed by atoms with E-state index in [4.69, 9.17) is 10.8 Å². The van der Waals surface area contributed by atoms with Gasteiger partial charge in [-0.1, -0.05) is 13.0 Å². The molecule has 4 heteroatoms. The molecule has 0 spiro atoms. The molecule has 3 N–H and O–H groups in total. The van der Waals surface area contributed by atoms with Crippen molar-refractivity contribution < 1.29 is 5.11 Å². The molecule has 0 saturated carbocycles. The summed E-state index contributed by atoms with van der Waals surface area (Å²) in [6.07, 6.45) is 2.21. The maximum Gasteiger partial charge on any atom is 0.268 e. The molecule has 1 aromatic rings. The molecule has 4 nitrogen and oxygen atoms in total. The van der Waals surface area contributed by atoms with Crippen molar-refractivity contribution in [2.24, 2.45) is 11.7 Å². The van der Waals surface area contributed by atoms with E-state index in [-0.39, 0.29) is 11.5 Å². The van der Waals surface area contributed by atoms with Crippen LogP contribution in [0.15, 0.2) is 22.2 Å². The van der Waals surface area contributed by atoms with Crippen LogP contribution >= 0.6 is 0 Å². The number of allylic oxidation sites excluding steroid dienone is 1. The molecular formula is C10H13NO3. The normalized spacial score (nSPS) is 15.3. The zero-order valence-corrected chi connectivity index (χ0v) is 7.99. The summed E-state index contributed by atoms with van der Waals surface area (Å²) in [4.78, 5) is 21.7. The van der Waals surface area contributed by atoms with E-state index >= 15 is 0 Å². The topological polar surface area (TPSA) is 80.4 Å². The predicted octanol–water partition coefficient (Wildman–Crippen LogP) is 0.200. The van der Waals surface area contributed by atoms with E-state index in [1.54, 1.807) is 6.08 Å². The Balaban J connectivity index is 2.82. The Kier molecular flexibility index (Phi) is 2.86. The highest BCUT2D eigenvalue weighted by molar-refractivity contribution is 5.40. The monoisotopic (exact) mass is 195 g/mol. The standard InChI is InChI=1S/C10H13NO3/c1-3-5(2)4-6(11)7-8(12)10(14)9(7)13/h3,5-6,12H,1,4,11H2,2H3. The summed E-state index contributed by atoms with van der Waals surface area (Å²) >= 11 is 0. The van der Waals surface area contributed by atoms with Gasteiger partial charge in [-0.25, -0.2) is 0 Å². The molecule has 0 fully saturated rings. The quantitative estimate of drug-likeness (QED) is 0.531. The second-order valence-electron chi connectivity index (χ2n) is 3.48. The van der Waals surface area contributed by atoms with Gasteiger partial charge in [-0.3, -0.25) is 9.59 Å². The molecule has 0 aromatic heterocycles. The van der Waals surface area contributed by atoms with Gasteiger partial charge in [0, 0.05) is 6.04 Å². The minimum absolute atomic E-state index is 0.0590. The lowest BCUT2D eigenvalue weighted by molar-refractivity contribution is 0.435. The van der Waals surface area contributed by atoms with Gasteiger partial charge in [-0.2, -0.15) is 0 Å². The molecule has 0 radical (unpaired) electrons. The molecule has 2 unspecified atom stereocenters. The van der Waals surface area contributed by atoms with Crippen LogP contribution in [-0.4, -0.2) is 5.11 Å². The van der Waals surface area contributed by atoms with Crippen LogP contribution in [-0.2, 0) is 0 Å². The van der Waals surface area contributed by atoms with Gasteiger partial charge >= 0.3 is 0 Å². The summed E-state index contributed by atoms with van der Waals surface area (Å²) in [5.41, 5.74) is 4.23. The molecule has 14 heavy (non-hydrogen) atoms. The minimum Gasteiger partial charge on any atom is -0.504 e. The Morgan fingerprint density at radius 2 is 2.07 bits per heavy atom. The maximum atomic E-state index is 11.0. The molecule has 0 aliphatic heterocycles. The van der Waals surface area contributed by atoms with E-state index in [1.807, 2.05) is 6.92 Å². The summed E-state index contributed by atoms with van der Waals surface area (Å²) < 4.78 is 0. The van der Waals surface area contributed by atoms with E-state index in [9.17, 15) is 9.59 Å². The fourth-order valence-corrected chi connectivity index (χ4v) is 1.36. The summed E-state index contributed by atoms with van der Waals surface area (Å²) in [7, 11) is 0. The van der Waals surface area contributed by atoms with Crippen LogP contribution in [0, 0.1) is 5.92 Å². The smallest absolute Gasteiger partial charge is 0.268 e. The molecule has 76 valence electrons. The van der Waals surface area contributed by atoms with Gasteiger partial charge < -0.3 is 10.8 Å². The van der Waals surface area contributed by atoms with Crippen molar-refractivity contribution >= 4 is 0 Å². The van der Waals surface area contributed by atoms with Crippen LogP contribution in [0.5, 0.6) is 5.75 Å². The summed E-state index contributed by atoms with van der Waals surface area (Å²) in [6.45, 7) is 5.48. The van der Waals surface area contributed by atoms with Crippen molar-refractivity contribution in [3.8, 4) is 5.75 Å². The molecule has 2 atom stereocenters. The number of aromatic hydroxyl groups is 1. The first kappa shape index (κ1) is 10.7. The largest absolute Gasteiger partial charge is 0.504 e. The average molecular weight is 195 g/mol. The highest BCUT2D eigenvalue weighted by Crippen LogP contribution is 2.22. The van der Waals surface area contributed by atoms with E-state index in [1.165, 1.54) is 0 Å². The first-order valence-corrected chi connectivity index (χ1v) is 4.39. The van der Waals surface area contributed by atoms with E-state index in [0.717, 1.165) is 0 Å². The van der Waals surface area contributed by atoms with Gasteiger partial charge in [0.05, 0.1) is 5.56 Å². The Labute approximate surface area is 81.4 Å². The van der Waals surface area contributed by atoms with Crippen LogP contribution in [0.1, 0.15) is 24.9 Å². The van der Waals surface area contributed by atoms with Gasteiger partial charge in [0.1, 0.15) is 0 Å². The zero-order chi connectivity index (χ0) is 10.9. The van der Waals surface area contributed by atoms with Gasteiger partial charge in [-0.05, 0) is 12.3 Å². The van der Waals surface area contributed by atoms with Crippen molar-refractivity contribution in [2.75, 3.05) is 0 Å². The lowest BCUT2D eigenvalue weighted by Gasteiger charge is -2.16. The van der Waals surface area contributed by atoms with Crippen LogP contribution in [0.3, 0.4) is 0 Å². The maximum absolute atomic E-state index is 11.0. The fourth-order valence-electron chi connectivity index (χ4n) is 1.36. The van der Waals surface area contributed by atoms with Crippen molar-refractivity contribution in [2.45, 2.75) is 19.4 Å². The molecule has 0 aliphatic carbocycles. The third-order valence-electron chi connectivity index (χ3n) is 2.32. The molecule has 1 rings (SSSR count). The van der Waals surface area contributed by atoms with E-state index in [0.29, 0.717) is 6.42 Å². The Morgan fingerprint density at radius 3 is 2.50 bits per heavy atom. The number of hydrogen-bond acceptors (Lipinski definition) is 4. The molecule has 1 aromatic carbocycles. The lowest BCUT2D eigenvalue weighted by Crippen LogP contribution is -2.38. The zero-order valence-electron chi connectivity index (χ0n) is 7.99. The number of rotatable bonds is 4. The predicted molar refractivity (Wildman–Crippen MR) is 53.9 cm³/mol. The van der Waals surface area contributed by atoms with Crippen LogP contribution in [0.4, 0.5) is 0 Å². The Morgan fingerprint density at radius 1 is 1.50 bits per heavy atom. The SMILES string of the molecule is C=CC(C)CC(N)c1c(O)c(=O)c1=O. The molecular weight excluding hydrogens is 182 g/mol. The number of nitrogens with two attached hydrogens (primary N) is 1. The first-order valence-electron chi connectivity index (χ1n) is 4.39. The second kappa shape index (κ2) is 3.75. The van der Waals surface area contributed by atoms with Crippen LogP contribution in [0.25, 0.3) is 0 Å². The minimum atomic E-state index is -0.832. The molecule has 0 heterocycles. The van der Waals surface area contributed by atoms with Crippen LogP contribution < -0.4 is 16.6 Å². The van der Waals surface area contributed by atoms with Gasteiger partial charge in [-0.15, -0.1) is 6.58 Å². The van der Waals surface area contributed by atoms with Crippen molar-refractivity contribution in [3.05, 3.63) is 38.7 Å². The summed E-state index contributed by atoms with van der Waals surface area (Å²) in [5.74, 6) is -0.326. The second-order valence-corrected chi connectivity index (χ2v) is 3.48. The first-order chi connectivity index (χ1) is 6.49. The summed E-state index contributed by atoms with van der Waals surface area (Å²) in [5, 5.41) is 9.11. The Hall–Kier alpha value is -1.42. The van der Waals surface area contributed by atoms with Gasteiger partial charge in [0.15, 0.2) is 5.75 Å². The number of hydrogen-bond donors (Lipinski definition) is 2. The molecule has 0 bridgehead atoms. The Bertz CT molecular complexity index is 415. The molecule has 0 amide bonds. The highest BCUT2D eigenvalue weighted by atomic mass is 16.3. The van der Waals surface area contributed by atoms with Gasteiger partial charge in [0.25, 0.3) is 5.43 Å². The molecule has 0 aliphatic rings. The molecule has 0 saturated heterocycles. The average Bonchev–Trinajstić information content (AvgIpc) is 2.17. The van der Waals surface area contributed by atoms with E-state index in [2.05, 4.69) is 6.58 Å².